The van der Waals surface area contributed by atoms with E-state index in [9.17, 15) is 8.78 Å². The van der Waals surface area contributed by atoms with Gasteiger partial charge in [-0.05, 0) is 17.7 Å². The number of rotatable bonds is 4. The minimum atomic E-state index is -0.922. The number of fused-ring (bicyclic) bond motifs is 1. The summed E-state index contributed by atoms with van der Waals surface area (Å²) in [5.74, 6) is -0.477. The Morgan fingerprint density at radius 1 is 1.10 bits per heavy atom. The van der Waals surface area contributed by atoms with Crippen molar-refractivity contribution in [3.8, 4) is 22.8 Å². The number of hydrazone groups is 1. The summed E-state index contributed by atoms with van der Waals surface area (Å²) in [7, 11) is 0. The zero-order chi connectivity index (χ0) is 20.7. The fourth-order valence-corrected chi connectivity index (χ4v) is 3.31. The number of benzene rings is 2. The molecule has 0 atom stereocenters. The van der Waals surface area contributed by atoms with Crippen molar-refractivity contribution in [1.29, 1.82) is 0 Å². The van der Waals surface area contributed by atoms with Crippen molar-refractivity contribution >= 4 is 6.21 Å². The molecule has 0 bridgehead atoms. The number of hydrogen-bond acceptors (Lipinski definition) is 6. The largest absolute Gasteiger partial charge is 0.340 e. The van der Waals surface area contributed by atoms with Gasteiger partial charge in [-0.2, -0.15) is 10.1 Å². The van der Waals surface area contributed by atoms with E-state index in [1.54, 1.807) is 13.1 Å². The third-order valence-corrected chi connectivity index (χ3v) is 4.81. The normalized spacial score (nSPS) is 13.0. The van der Waals surface area contributed by atoms with Crippen molar-refractivity contribution < 1.29 is 13.3 Å². The lowest BCUT2D eigenvalue weighted by Crippen LogP contribution is -2.21. The van der Waals surface area contributed by atoms with E-state index in [4.69, 9.17) is 4.52 Å². The molecule has 0 amide bonds. The van der Waals surface area contributed by atoms with Gasteiger partial charge in [0, 0.05) is 12.5 Å². The molecule has 2 aromatic carbocycles. The van der Waals surface area contributed by atoms with Crippen LogP contribution in [-0.2, 0) is 13.1 Å². The van der Waals surface area contributed by atoms with E-state index < -0.39 is 11.6 Å². The van der Waals surface area contributed by atoms with E-state index >= 15 is 0 Å². The first kappa shape index (κ1) is 18.2. The number of imidazole rings is 1. The van der Waals surface area contributed by atoms with Gasteiger partial charge < -0.3 is 9.51 Å². The van der Waals surface area contributed by atoms with E-state index in [0.717, 1.165) is 22.9 Å². The number of halogens is 2. The summed E-state index contributed by atoms with van der Waals surface area (Å²) >= 11 is 0. The Kier molecular flexibility index (Phi) is 4.35. The molecule has 2 aromatic heterocycles. The molecule has 1 aliphatic rings. The van der Waals surface area contributed by atoms with Crippen LogP contribution in [0.15, 0.2) is 52.1 Å². The lowest BCUT2D eigenvalue weighted by Gasteiger charge is -2.21. The van der Waals surface area contributed by atoms with E-state index in [-0.39, 0.29) is 11.4 Å². The lowest BCUT2D eigenvalue weighted by molar-refractivity contribution is 0.265. The Morgan fingerprint density at radius 3 is 2.70 bits per heavy atom. The van der Waals surface area contributed by atoms with Crippen LogP contribution in [0.3, 0.4) is 0 Å². The second-order valence-electron chi connectivity index (χ2n) is 6.95. The van der Waals surface area contributed by atoms with Gasteiger partial charge in [-0.25, -0.2) is 13.8 Å². The summed E-state index contributed by atoms with van der Waals surface area (Å²) in [5, 5.41) is 10.2. The van der Waals surface area contributed by atoms with Crippen LogP contribution in [0.1, 0.15) is 22.8 Å². The molecule has 30 heavy (non-hydrogen) atoms. The zero-order valence-electron chi connectivity index (χ0n) is 15.9. The number of nitrogens with zero attached hydrogens (tertiary/aromatic N) is 5. The summed E-state index contributed by atoms with van der Waals surface area (Å²) in [4.78, 5) is 11.7. The Labute approximate surface area is 170 Å². The van der Waals surface area contributed by atoms with E-state index in [0.29, 0.717) is 30.5 Å². The molecule has 3 heterocycles. The van der Waals surface area contributed by atoms with Crippen molar-refractivity contribution in [1.82, 2.24) is 25.1 Å². The third-order valence-electron chi connectivity index (χ3n) is 4.81. The maximum absolute atomic E-state index is 14.1. The van der Waals surface area contributed by atoms with Crippen molar-refractivity contribution in [2.45, 2.75) is 20.0 Å². The van der Waals surface area contributed by atoms with Crippen molar-refractivity contribution in [3.05, 3.63) is 76.9 Å². The quantitative estimate of drug-likeness (QED) is 0.553. The highest BCUT2D eigenvalue weighted by Crippen LogP contribution is 2.25. The Morgan fingerprint density at radius 2 is 1.93 bits per heavy atom. The summed E-state index contributed by atoms with van der Waals surface area (Å²) in [5.41, 5.74) is 3.43. The van der Waals surface area contributed by atoms with E-state index in [1.807, 2.05) is 29.3 Å². The zero-order valence-corrected chi connectivity index (χ0v) is 15.9. The van der Waals surface area contributed by atoms with Crippen LogP contribution in [-0.4, -0.2) is 31.3 Å². The first-order valence-corrected chi connectivity index (χ1v) is 9.28. The Bertz CT molecular complexity index is 1240. The van der Waals surface area contributed by atoms with Gasteiger partial charge in [0.05, 0.1) is 30.6 Å². The standard InChI is InChI=1S/C21H16F2N6O/c1-12-25-20(28-30-12)14-7-5-13(6-8-14)10-29-11-18-17(9-24-29)26-21(27-18)15-3-2-4-16(22)19(15)23/h2-9H,10-11H2,1H3,(H,26,27). The molecule has 0 radical (unpaired) electrons. The van der Waals surface area contributed by atoms with Gasteiger partial charge in [-0.3, -0.25) is 5.01 Å². The highest BCUT2D eigenvalue weighted by molar-refractivity contribution is 5.80. The van der Waals surface area contributed by atoms with Gasteiger partial charge in [-0.15, -0.1) is 0 Å². The molecule has 150 valence electrons. The maximum atomic E-state index is 14.1. The molecule has 0 aliphatic carbocycles. The van der Waals surface area contributed by atoms with E-state index in [2.05, 4.69) is 25.2 Å². The van der Waals surface area contributed by atoms with Crippen LogP contribution in [0.25, 0.3) is 22.8 Å². The molecule has 1 N–H and O–H groups in total. The van der Waals surface area contributed by atoms with Gasteiger partial charge in [0.1, 0.15) is 11.5 Å². The second-order valence-corrected chi connectivity index (χ2v) is 6.95. The molecular formula is C21H16F2N6O. The summed E-state index contributed by atoms with van der Waals surface area (Å²) in [6, 6.07) is 11.8. The summed E-state index contributed by atoms with van der Waals surface area (Å²) in [6.45, 7) is 2.79. The second kappa shape index (κ2) is 7.18. The first-order chi connectivity index (χ1) is 14.6. The van der Waals surface area contributed by atoms with Crippen LogP contribution in [0.2, 0.25) is 0 Å². The van der Waals surface area contributed by atoms with Crippen molar-refractivity contribution in [2.24, 2.45) is 5.10 Å². The van der Waals surface area contributed by atoms with Crippen LogP contribution in [0.5, 0.6) is 0 Å². The number of hydrogen-bond donors (Lipinski definition) is 1. The smallest absolute Gasteiger partial charge is 0.223 e. The predicted octanol–water partition coefficient (Wildman–Crippen LogP) is 4.06. The molecular weight excluding hydrogens is 390 g/mol. The number of nitrogens with one attached hydrogen (secondary N) is 1. The van der Waals surface area contributed by atoms with Crippen LogP contribution in [0.4, 0.5) is 8.78 Å². The highest BCUT2D eigenvalue weighted by atomic mass is 19.2. The third kappa shape index (κ3) is 3.34. The molecule has 0 saturated carbocycles. The monoisotopic (exact) mass is 406 g/mol. The average molecular weight is 406 g/mol. The molecule has 0 spiro atoms. The number of aromatic amines is 1. The summed E-state index contributed by atoms with van der Waals surface area (Å²) in [6.07, 6.45) is 1.62. The van der Waals surface area contributed by atoms with Crippen molar-refractivity contribution in [3.63, 3.8) is 0 Å². The van der Waals surface area contributed by atoms with Gasteiger partial charge >= 0.3 is 0 Å². The molecule has 0 unspecified atom stereocenters. The number of H-pyrrole nitrogens is 1. The molecule has 5 rings (SSSR count). The number of aryl methyl sites for hydroxylation is 1. The molecule has 4 aromatic rings. The van der Waals surface area contributed by atoms with Gasteiger partial charge in [0.2, 0.25) is 11.7 Å². The topological polar surface area (TPSA) is 83.2 Å². The van der Waals surface area contributed by atoms with Gasteiger partial charge in [0.15, 0.2) is 11.6 Å². The Hall–Kier alpha value is -3.88. The minimum absolute atomic E-state index is 0.0941. The van der Waals surface area contributed by atoms with Crippen molar-refractivity contribution in [2.75, 3.05) is 0 Å². The molecule has 9 heteroatoms. The number of aromatic nitrogens is 4. The highest BCUT2D eigenvalue weighted by Gasteiger charge is 2.20. The summed E-state index contributed by atoms with van der Waals surface area (Å²) < 4.78 is 32.6. The first-order valence-electron chi connectivity index (χ1n) is 9.28. The average Bonchev–Trinajstić information content (AvgIpc) is 3.36. The van der Waals surface area contributed by atoms with Gasteiger partial charge in [0.25, 0.3) is 0 Å². The van der Waals surface area contributed by atoms with Gasteiger partial charge in [-0.1, -0.05) is 35.5 Å². The molecule has 7 nitrogen and oxygen atoms in total. The minimum Gasteiger partial charge on any atom is -0.340 e. The lowest BCUT2D eigenvalue weighted by atomic mass is 10.1. The molecule has 1 aliphatic heterocycles. The van der Waals surface area contributed by atoms with Crippen LogP contribution < -0.4 is 0 Å². The molecule has 0 fully saturated rings. The fourth-order valence-electron chi connectivity index (χ4n) is 3.31. The molecule has 0 saturated heterocycles. The van der Waals surface area contributed by atoms with Crippen LogP contribution >= 0.6 is 0 Å². The maximum Gasteiger partial charge on any atom is 0.223 e. The van der Waals surface area contributed by atoms with Crippen LogP contribution in [0, 0.1) is 18.6 Å². The fraction of sp³-hybridized carbons (Fsp3) is 0.143. The SMILES string of the molecule is Cc1nc(-c2ccc(CN3Cc4[nH]c(-c5cccc(F)c5F)nc4C=N3)cc2)no1. The van der Waals surface area contributed by atoms with E-state index in [1.165, 1.54) is 12.1 Å². The Balaban J connectivity index is 1.31. The predicted molar refractivity (Wildman–Crippen MR) is 105 cm³/mol.